The Morgan fingerprint density at radius 2 is 1.19 bits per heavy atom. The van der Waals surface area contributed by atoms with Crippen molar-refractivity contribution in [1.29, 1.82) is 0 Å². The summed E-state index contributed by atoms with van der Waals surface area (Å²) in [6.07, 6.45) is 4.82. The average molecular weight is 561 g/mol. The quantitative estimate of drug-likeness (QED) is 0.362. The minimum Gasteiger partial charge on any atom is -0.385 e. The summed E-state index contributed by atoms with van der Waals surface area (Å²) in [6.45, 7) is 4.21. The number of aliphatic hydroxyl groups is 1. The number of hydrogen-bond donors (Lipinski definition) is 1. The molecule has 0 aromatic heterocycles. The summed E-state index contributed by atoms with van der Waals surface area (Å²) in [7, 11) is -11.6. The van der Waals surface area contributed by atoms with Gasteiger partial charge in [-0.3, -0.25) is 0 Å². The van der Waals surface area contributed by atoms with Gasteiger partial charge < -0.3 is 17.7 Å². The van der Waals surface area contributed by atoms with Gasteiger partial charge in [-0.05, 0) is 56.2 Å². The Morgan fingerprint density at radius 3 is 1.75 bits per heavy atom. The molecule has 0 saturated heterocycles. The predicted octanol–water partition coefficient (Wildman–Crippen LogP) is 2.96. The van der Waals surface area contributed by atoms with Gasteiger partial charge in [-0.1, -0.05) is 42.5 Å². The zero-order valence-corrected chi connectivity index (χ0v) is 22.3. The van der Waals surface area contributed by atoms with Gasteiger partial charge in [0.1, 0.15) is 5.75 Å². The van der Waals surface area contributed by atoms with Crippen molar-refractivity contribution in [1.82, 2.24) is 0 Å². The zero-order valence-electron chi connectivity index (χ0n) is 19.9. The van der Waals surface area contributed by atoms with Gasteiger partial charge >= 0.3 is 30.4 Å². The van der Waals surface area contributed by atoms with E-state index < -0.39 is 36.5 Å². The van der Waals surface area contributed by atoms with Gasteiger partial charge in [0, 0.05) is 0 Å². The summed E-state index contributed by atoms with van der Waals surface area (Å²) in [6, 6.07) is 10.3. The fraction of sp³-hybridized carbons (Fsp3) is 0.304. The van der Waals surface area contributed by atoms with Crippen molar-refractivity contribution in [3.8, 4) is 17.2 Å². The van der Waals surface area contributed by atoms with Crippen molar-refractivity contribution in [3.63, 3.8) is 0 Å². The Labute approximate surface area is 212 Å². The largest absolute Gasteiger partial charge is 0.385 e. The maximum Gasteiger partial charge on any atom is 0.309 e. The van der Waals surface area contributed by atoms with Gasteiger partial charge in [0.25, 0.3) is 0 Å². The van der Waals surface area contributed by atoms with Crippen LogP contribution >= 0.6 is 0 Å². The van der Waals surface area contributed by atoms with E-state index >= 15 is 0 Å². The maximum absolute atomic E-state index is 11.9. The second kappa shape index (κ2) is 12.4. The molecule has 0 saturated carbocycles. The zero-order chi connectivity index (χ0) is 27.0. The van der Waals surface area contributed by atoms with E-state index in [1.54, 1.807) is 18.2 Å². The third-order valence-electron chi connectivity index (χ3n) is 4.51. The minimum atomic E-state index is -3.97. The highest BCUT2D eigenvalue weighted by Gasteiger charge is 2.19. The van der Waals surface area contributed by atoms with Crippen LogP contribution in [0.2, 0.25) is 0 Å². The Kier molecular flexibility index (Phi) is 10.1. The molecular formula is C23H28O10S3. The smallest absolute Gasteiger partial charge is 0.309 e. The molecule has 0 fully saturated rings. The van der Waals surface area contributed by atoms with Crippen molar-refractivity contribution in [2.45, 2.75) is 26.9 Å². The standard InChI is InChI=1S/C23H28O10S3/c1-4-34(25,26)31-21-9-7-8-18(16-21)10-13-20(24)14-11-19-12-15-22(32-35(27,28)5-2)23(17-19)33-36(29,30)6-3/h7-17,20,24H,4-6H2,1-3H3/b13-10+,14-11+. The normalized spacial score (nSPS) is 13.7. The first-order valence-electron chi connectivity index (χ1n) is 10.8. The fourth-order valence-electron chi connectivity index (χ4n) is 2.51. The molecule has 0 aliphatic heterocycles. The predicted molar refractivity (Wildman–Crippen MR) is 137 cm³/mol. The third-order valence-corrected chi connectivity index (χ3v) is 7.95. The van der Waals surface area contributed by atoms with Crippen LogP contribution in [0, 0.1) is 0 Å². The topological polar surface area (TPSA) is 150 Å². The van der Waals surface area contributed by atoms with E-state index in [9.17, 15) is 30.4 Å². The molecule has 2 aromatic carbocycles. The van der Waals surface area contributed by atoms with Gasteiger partial charge in [-0.2, -0.15) is 25.3 Å². The third kappa shape index (κ3) is 9.64. The molecule has 0 heterocycles. The number of hydrogen-bond acceptors (Lipinski definition) is 10. The highest BCUT2D eigenvalue weighted by atomic mass is 32.2. The molecule has 0 radical (unpaired) electrons. The summed E-state index contributed by atoms with van der Waals surface area (Å²) in [4.78, 5) is 0. The monoisotopic (exact) mass is 560 g/mol. The lowest BCUT2D eigenvalue weighted by Gasteiger charge is -2.12. The molecule has 198 valence electrons. The first kappa shape index (κ1) is 29.4. The lowest BCUT2D eigenvalue weighted by molar-refractivity contribution is 0.273. The van der Waals surface area contributed by atoms with Crippen molar-refractivity contribution >= 4 is 42.5 Å². The van der Waals surface area contributed by atoms with Crippen LogP contribution in [0.5, 0.6) is 17.2 Å². The van der Waals surface area contributed by atoms with Crippen LogP contribution in [0.25, 0.3) is 12.2 Å². The van der Waals surface area contributed by atoms with Crippen LogP contribution in [0.15, 0.2) is 54.6 Å². The van der Waals surface area contributed by atoms with E-state index in [2.05, 4.69) is 0 Å². The summed E-state index contributed by atoms with van der Waals surface area (Å²) in [5, 5.41) is 10.3. The molecule has 1 unspecified atom stereocenters. The van der Waals surface area contributed by atoms with Crippen LogP contribution in [0.4, 0.5) is 0 Å². The van der Waals surface area contributed by atoms with Crippen LogP contribution in [-0.2, 0) is 30.4 Å². The van der Waals surface area contributed by atoms with Crippen molar-refractivity contribution in [2.75, 3.05) is 17.3 Å². The molecule has 36 heavy (non-hydrogen) atoms. The van der Waals surface area contributed by atoms with Crippen LogP contribution in [-0.4, -0.2) is 53.7 Å². The maximum atomic E-state index is 11.9. The molecule has 0 aliphatic rings. The molecule has 1 atom stereocenters. The van der Waals surface area contributed by atoms with Crippen LogP contribution < -0.4 is 12.5 Å². The van der Waals surface area contributed by atoms with E-state index in [-0.39, 0.29) is 34.5 Å². The molecule has 2 rings (SSSR count). The Bertz CT molecular complexity index is 1420. The molecule has 13 heteroatoms. The highest BCUT2D eigenvalue weighted by molar-refractivity contribution is 7.87. The highest BCUT2D eigenvalue weighted by Crippen LogP contribution is 2.31. The average Bonchev–Trinajstić information content (AvgIpc) is 2.82. The lowest BCUT2D eigenvalue weighted by Crippen LogP contribution is -2.15. The molecule has 0 amide bonds. The summed E-state index contributed by atoms with van der Waals surface area (Å²) in [5.74, 6) is -1.27. The van der Waals surface area contributed by atoms with E-state index in [4.69, 9.17) is 12.5 Å². The second-order valence-corrected chi connectivity index (χ2v) is 12.9. The lowest BCUT2D eigenvalue weighted by atomic mass is 10.1. The van der Waals surface area contributed by atoms with Gasteiger partial charge in [0.15, 0.2) is 11.5 Å². The number of benzene rings is 2. The molecule has 2 aromatic rings. The molecule has 0 bridgehead atoms. The van der Waals surface area contributed by atoms with Crippen molar-refractivity contribution < 1.29 is 42.9 Å². The first-order valence-corrected chi connectivity index (χ1v) is 15.6. The summed E-state index contributed by atoms with van der Waals surface area (Å²) in [5.41, 5.74) is 0.996. The SMILES string of the molecule is CCS(=O)(=O)Oc1cccc(/C=C/C(O)/C=C/c2ccc(OS(=O)(=O)CC)c(OS(=O)(=O)CC)c2)c1. The fourth-order valence-corrected chi connectivity index (χ4v) is 4.08. The van der Waals surface area contributed by atoms with Crippen molar-refractivity contribution in [2.24, 2.45) is 0 Å². The van der Waals surface area contributed by atoms with E-state index in [1.165, 1.54) is 69.3 Å². The van der Waals surface area contributed by atoms with E-state index in [1.807, 2.05) is 0 Å². The number of aliphatic hydroxyl groups excluding tert-OH is 1. The molecular weight excluding hydrogens is 532 g/mol. The Balaban J connectivity index is 2.22. The molecule has 0 aliphatic carbocycles. The molecule has 0 spiro atoms. The minimum absolute atomic E-state index is 0.144. The van der Waals surface area contributed by atoms with E-state index in [0.717, 1.165) is 0 Å². The van der Waals surface area contributed by atoms with E-state index in [0.29, 0.717) is 11.1 Å². The summed E-state index contributed by atoms with van der Waals surface area (Å²) >= 11 is 0. The summed E-state index contributed by atoms with van der Waals surface area (Å²) < 4.78 is 85.7. The van der Waals surface area contributed by atoms with Crippen LogP contribution in [0.1, 0.15) is 31.9 Å². The first-order chi connectivity index (χ1) is 16.8. The van der Waals surface area contributed by atoms with Gasteiger partial charge in [-0.25, -0.2) is 0 Å². The molecule has 1 N–H and O–H groups in total. The molecule has 10 nitrogen and oxygen atoms in total. The Morgan fingerprint density at radius 1 is 0.694 bits per heavy atom. The van der Waals surface area contributed by atoms with Gasteiger partial charge in [0.05, 0.1) is 23.4 Å². The van der Waals surface area contributed by atoms with Gasteiger partial charge in [0.2, 0.25) is 0 Å². The van der Waals surface area contributed by atoms with Crippen molar-refractivity contribution in [3.05, 3.63) is 65.7 Å². The second-order valence-electron chi connectivity index (χ2n) is 7.28. The van der Waals surface area contributed by atoms with Gasteiger partial charge in [-0.15, -0.1) is 0 Å². The number of rotatable bonds is 13. The Hall–Kier alpha value is -2.87. The van der Waals surface area contributed by atoms with Crippen LogP contribution in [0.3, 0.4) is 0 Å².